The Morgan fingerprint density at radius 1 is 1.10 bits per heavy atom. The highest BCUT2D eigenvalue weighted by Crippen LogP contribution is 2.28. The van der Waals surface area contributed by atoms with Gasteiger partial charge in [-0.15, -0.1) is 0 Å². The Bertz CT molecular complexity index is 1160. The number of rotatable bonds is 6. The molecule has 7 heteroatoms. The van der Waals surface area contributed by atoms with Gasteiger partial charge in [-0.3, -0.25) is 9.59 Å². The van der Waals surface area contributed by atoms with Crippen LogP contribution < -0.4 is 10.1 Å². The van der Waals surface area contributed by atoms with Crippen molar-refractivity contribution in [1.82, 2.24) is 4.57 Å². The van der Waals surface area contributed by atoms with Gasteiger partial charge in [0.25, 0.3) is 5.91 Å². The molecule has 4 rings (SSSR count). The zero-order valence-electron chi connectivity index (χ0n) is 17.3. The molecule has 0 atom stereocenters. The van der Waals surface area contributed by atoms with Crippen LogP contribution in [-0.2, 0) is 16.1 Å². The Hall–Kier alpha value is -3.87. The molecule has 1 aliphatic heterocycles. The first-order valence-electron chi connectivity index (χ1n) is 9.90. The SMILES string of the molecule is Cc1cc(C(=O)OCC(=O)c2ccc3c(c2)NC(=O)CO3)c(C)n1Cc1ccccc1. The van der Waals surface area contributed by atoms with E-state index in [1.807, 2.05) is 48.7 Å². The average molecular weight is 418 g/mol. The number of benzene rings is 2. The third-order valence-corrected chi connectivity index (χ3v) is 5.25. The molecule has 0 fully saturated rings. The summed E-state index contributed by atoms with van der Waals surface area (Å²) in [6.45, 7) is 3.99. The number of Topliss-reactive ketones (excluding diaryl/α,β-unsaturated/α-hetero) is 1. The van der Waals surface area contributed by atoms with Gasteiger partial charge in [-0.1, -0.05) is 30.3 Å². The van der Waals surface area contributed by atoms with E-state index in [9.17, 15) is 14.4 Å². The molecule has 1 aliphatic rings. The molecular formula is C24H22N2O5. The molecule has 0 bridgehead atoms. The van der Waals surface area contributed by atoms with Crippen molar-refractivity contribution in [3.05, 3.63) is 82.7 Å². The number of anilines is 1. The summed E-state index contributed by atoms with van der Waals surface area (Å²) in [5.74, 6) is -0.696. The van der Waals surface area contributed by atoms with E-state index < -0.39 is 12.6 Å². The number of esters is 1. The summed E-state index contributed by atoms with van der Waals surface area (Å²) in [5, 5.41) is 2.66. The lowest BCUT2D eigenvalue weighted by atomic mass is 10.1. The Balaban J connectivity index is 1.43. The van der Waals surface area contributed by atoms with Crippen LogP contribution in [0.15, 0.2) is 54.6 Å². The number of carbonyl (C=O) groups excluding carboxylic acids is 3. The third-order valence-electron chi connectivity index (χ3n) is 5.25. The predicted octanol–water partition coefficient (Wildman–Crippen LogP) is 3.52. The minimum atomic E-state index is -0.546. The van der Waals surface area contributed by atoms with Crippen molar-refractivity contribution in [3.8, 4) is 5.75 Å². The molecule has 158 valence electrons. The number of amides is 1. The summed E-state index contributed by atoms with van der Waals surface area (Å²) in [4.78, 5) is 36.6. The summed E-state index contributed by atoms with van der Waals surface area (Å²) in [5.41, 5.74) is 4.04. The molecule has 0 saturated heterocycles. The second kappa shape index (κ2) is 8.47. The van der Waals surface area contributed by atoms with Gasteiger partial charge < -0.3 is 19.4 Å². The summed E-state index contributed by atoms with van der Waals surface area (Å²) in [6, 6.07) is 16.5. The molecule has 1 amide bonds. The van der Waals surface area contributed by atoms with Crippen molar-refractivity contribution < 1.29 is 23.9 Å². The van der Waals surface area contributed by atoms with Gasteiger partial charge >= 0.3 is 5.97 Å². The number of carbonyl (C=O) groups is 3. The highest BCUT2D eigenvalue weighted by Gasteiger charge is 2.21. The van der Waals surface area contributed by atoms with Crippen LogP contribution >= 0.6 is 0 Å². The van der Waals surface area contributed by atoms with Gasteiger partial charge in [0.1, 0.15) is 5.75 Å². The van der Waals surface area contributed by atoms with Crippen molar-refractivity contribution >= 4 is 23.3 Å². The average Bonchev–Trinajstić information content (AvgIpc) is 3.05. The maximum Gasteiger partial charge on any atom is 0.340 e. The Labute approximate surface area is 179 Å². The summed E-state index contributed by atoms with van der Waals surface area (Å²) < 4.78 is 12.6. The Morgan fingerprint density at radius 3 is 2.65 bits per heavy atom. The lowest BCUT2D eigenvalue weighted by Crippen LogP contribution is -2.25. The molecule has 0 saturated carbocycles. The van der Waals surface area contributed by atoms with Gasteiger partial charge in [-0.25, -0.2) is 4.79 Å². The molecule has 7 nitrogen and oxygen atoms in total. The molecule has 0 unspecified atom stereocenters. The van der Waals surface area contributed by atoms with Crippen LogP contribution in [0.2, 0.25) is 0 Å². The fourth-order valence-electron chi connectivity index (χ4n) is 3.57. The van der Waals surface area contributed by atoms with E-state index in [-0.39, 0.29) is 18.3 Å². The number of aryl methyl sites for hydroxylation is 1. The third kappa shape index (κ3) is 4.35. The highest BCUT2D eigenvalue weighted by atomic mass is 16.5. The first-order chi connectivity index (χ1) is 14.9. The second-order valence-electron chi connectivity index (χ2n) is 7.40. The number of fused-ring (bicyclic) bond motifs is 1. The number of nitrogens with one attached hydrogen (secondary N) is 1. The summed E-state index contributed by atoms with van der Waals surface area (Å²) >= 11 is 0. The van der Waals surface area contributed by atoms with Crippen LogP contribution in [0.3, 0.4) is 0 Å². The molecule has 2 heterocycles. The second-order valence-corrected chi connectivity index (χ2v) is 7.40. The van der Waals surface area contributed by atoms with E-state index in [1.165, 1.54) is 6.07 Å². The maximum atomic E-state index is 12.6. The van der Waals surface area contributed by atoms with Crippen LogP contribution in [0.1, 0.15) is 37.7 Å². The van der Waals surface area contributed by atoms with E-state index in [0.717, 1.165) is 17.0 Å². The fraction of sp³-hybridized carbons (Fsp3) is 0.208. The molecule has 1 N–H and O–H groups in total. The molecule has 0 radical (unpaired) electrons. The molecule has 2 aromatic carbocycles. The maximum absolute atomic E-state index is 12.6. The van der Waals surface area contributed by atoms with Gasteiger partial charge in [0.2, 0.25) is 0 Å². The predicted molar refractivity (Wildman–Crippen MR) is 115 cm³/mol. The zero-order valence-corrected chi connectivity index (χ0v) is 17.3. The molecule has 0 aliphatic carbocycles. The van der Waals surface area contributed by atoms with Crippen molar-refractivity contribution in [2.75, 3.05) is 18.5 Å². The van der Waals surface area contributed by atoms with Gasteiger partial charge in [0.05, 0.1) is 11.3 Å². The standard InChI is InChI=1S/C24H22N2O5/c1-15-10-19(16(2)26(15)12-17-6-4-3-5-7-17)24(29)31-13-21(27)18-8-9-22-20(11-18)25-23(28)14-30-22/h3-11H,12-14H2,1-2H3,(H,25,28). The van der Waals surface area contributed by atoms with Crippen molar-refractivity contribution in [2.24, 2.45) is 0 Å². The number of hydrogen-bond acceptors (Lipinski definition) is 5. The van der Waals surface area contributed by atoms with E-state index in [4.69, 9.17) is 9.47 Å². The molecule has 1 aromatic heterocycles. The first kappa shape index (κ1) is 20.4. The van der Waals surface area contributed by atoms with Crippen LogP contribution in [0.5, 0.6) is 5.75 Å². The van der Waals surface area contributed by atoms with Crippen LogP contribution in [0.4, 0.5) is 5.69 Å². The topological polar surface area (TPSA) is 86.6 Å². The van der Waals surface area contributed by atoms with E-state index >= 15 is 0 Å². The normalized spacial score (nSPS) is 12.5. The largest absolute Gasteiger partial charge is 0.482 e. The summed E-state index contributed by atoms with van der Waals surface area (Å²) in [6.07, 6.45) is 0. The zero-order chi connectivity index (χ0) is 22.0. The molecule has 3 aromatic rings. The highest BCUT2D eigenvalue weighted by molar-refractivity contribution is 6.02. The van der Waals surface area contributed by atoms with Gasteiger partial charge in [0.15, 0.2) is 19.0 Å². The first-order valence-corrected chi connectivity index (χ1v) is 9.90. The number of nitrogens with zero attached hydrogens (tertiary/aromatic N) is 1. The quantitative estimate of drug-likeness (QED) is 0.489. The molecular weight excluding hydrogens is 396 g/mol. The monoisotopic (exact) mass is 418 g/mol. The lowest BCUT2D eigenvalue weighted by molar-refractivity contribution is -0.118. The summed E-state index contributed by atoms with van der Waals surface area (Å²) in [7, 11) is 0. The van der Waals surface area contributed by atoms with Crippen molar-refractivity contribution in [2.45, 2.75) is 20.4 Å². The smallest absolute Gasteiger partial charge is 0.340 e. The Kier molecular flexibility index (Phi) is 5.58. The minimum Gasteiger partial charge on any atom is -0.482 e. The minimum absolute atomic E-state index is 0.0550. The number of aromatic nitrogens is 1. The van der Waals surface area contributed by atoms with Crippen molar-refractivity contribution in [3.63, 3.8) is 0 Å². The van der Waals surface area contributed by atoms with E-state index in [1.54, 1.807) is 18.2 Å². The van der Waals surface area contributed by atoms with E-state index in [2.05, 4.69) is 5.32 Å². The van der Waals surface area contributed by atoms with Gasteiger partial charge in [0, 0.05) is 23.5 Å². The van der Waals surface area contributed by atoms with Gasteiger partial charge in [-0.2, -0.15) is 0 Å². The molecule has 0 spiro atoms. The number of ether oxygens (including phenoxy) is 2. The fourth-order valence-corrected chi connectivity index (χ4v) is 3.57. The van der Waals surface area contributed by atoms with E-state index in [0.29, 0.717) is 29.1 Å². The number of hydrogen-bond donors (Lipinski definition) is 1. The van der Waals surface area contributed by atoms with Crippen LogP contribution in [-0.4, -0.2) is 35.4 Å². The lowest BCUT2D eigenvalue weighted by Gasteiger charge is -2.18. The van der Waals surface area contributed by atoms with Crippen LogP contribution in [0.25, 0.3) is 0 Å². The Morgan fingerprint density at radius 2 is 1.87 bits per heavy atom. The van der Waals surface area contributed by atoms with Crippen LogP contribution in [0, 0.1) is 13.8 Å². The molecule has 31 heavy (non-hydrogen) atoms. The van der Waals surface area contributed by atoms with Gasteiger partial charge in [-0.05, 0) is 43.7 Å². The van der Waals surface area contributed by atoms with Crippen molar-refractivity contribution in [1.29, 1.82) is 0 Å². The number of ketones is 1.